The van der Waals surface area contributed by atoms with Gasteiger partial charge in [0.15, 0.2) is 0 Å². The third kappa shape index (κ3) is 3.36. The highest BCUT2D eigenvalue weighted by Crippen LogP contribution is 2.64. The number of nitrogens with zero attached hydrogens (tertiary/aromatic N) is 2. The molecule has 2 bridgehead atoms. The van der Waals surface area contributed by atoms with E-state index in [1.807, 2.05) is 29.6 Å². The third-order valence-corrected chi connectivity index (χ3v) is 8.35. The average molecular weight is 440 g/mol. The van der Waals surface area contributed by atoms with Gasteiger partial charge in [-0.3, -0.25) is 9.98 Å². The minimum absolute atomic E-state index is 0.224. The van der Waals surface area contributed by atoms with E-state index in [0.717, 1.165) is 36.2 Å². The molecular formula is C19H22ClN3O3S2. The molecule has 2 unspecified atom stereocenters. The average Bonchev–Trinajstić information content (AvgIpc) is 3.21. The lowest BCUT2D eigenvalue weighted by Crippen LogP contribution is -2.42. The molecule has 2 aliphatic rings. The zero-order chi connectivity index (χ0) is 20.2. The van der Waals surface area contributed by atoms with Gasteiger partial charge in [-0.05, 0) is 42.7 Å². The molecule has 0 amide bonds. The Bertz CT molecular complexity index is 1050. The van der Waals surface area contributed by atoms with Crippen LogP contribution in [0, 0.1) is 16.7 Å². The predicted molar refractivity (Wildman–Crippen MR) is 114 cm³/mol. The molecule has 2 atom stereocenters. The fourth-order valence-electron chi connectivity index (χ4n) is 4.82. The number of halogens is 1. The van der Waals surface area contributed by atoms with Crippen LogP contribution in [0.5, 0.6) is 0 Å². The van der Waals surface area contributed by atoms with Crippen molar-refractivity contribution in [3.05, 3.63) is 34.7 Å². The second kappa shape index (κ2) is 6.79. The summed E-state index contributed by atoms with van der Waals surface area (Å²) in [5.41, 5.74) is 4.69. The molecule has 1 aromatic heterocycles. The summed E-state index contributed by atoms with van der Waals surface area (Å²) in [7, 11) is -4.11. The van der Waals surface area contributed by atoms with E-state index >= 15 is 0 Å². The summed E-state index contributed by atoms with van der Waals surface area (Å²) in [5, 5.41) is 7.77. The molecule has 1 aromatic carbocycles. The molecule has 2 aliphatic carbocycles. The maximum Gasteiger partial charge on any atom is 0.265 e. The highest BCUT2D eigenvalue weighted by molar-refractivity contribution is 7.85. The molecule has 0 radical (unpaired) electrons. The molecule has 0 aliphatic heterocycles. The number of fused-ring (bicyclic) bond motifs is 2. The topological polar surface area (TPSA) is 91.7 Å². The van der Waals surface area contributed by atoms with Crippen LogP contribution in [0.1, 0.15) is 33.1 Å². The van der Waals surface area contributed by atoms with Gasteiger partial charge >= 0.3 is 0 Å². The Hall–Kier alpha value is -1.48. The lowest BCUT2D eigenvalue weighted by molar-refractivity contribution is 0.193. The van der Waals surface area contributed by atoms with Crippen molar-refractivity contribution in [3.8, 4) is 11.3 Å². The molecule has 2 saturated carbocycles. The van der Waals surface area contributed by atoms with Crippen LogP contribution in [0.25, 0.3) is 11.3 Å². The summed E-state index contributed by atoms with van der Waals surface area (Å²) in [6, 6.07) is 7.48. The first-order chi connectivity index (χ1) is 13.1. The molecule has 6 nitrogen and oxygen atoms in total. The van der Waals surface area contributed by atoms with Crippen molar-refractivity contribution in [1.82, 2.24) is 4.98 Å². The summed E-state index contributed by atoms with van der Waals surface area (Å²) < 4.78 is 33.0. The Labute approximate surface area is 173 Å². The molecule has 4 rings (SSSR count). The first kappa shape index (κ1) is 19.8. The van der Waals surface area contributed by atoms with E-state index in [0.29, 0.717) is 16.1 Å². The van der Waals surface area contributed by atoms with Crippen LogP contribution in [-0.4, -0.2) is 29.4 Å². The lowest BCUT2D eigenvalue weighted by atomic mass is 9.70. The second-order valence-corrected chi connectivity index (χ2v) is 10.9. The monoisotopic (exact) mass is 439 g/mol. The van der Waals surface area contributed by atoms with Crippen molar-refractivity contribution in [1.29, 1.82) is 0 Å². The maximum atomic E-state index is 11.7. The van der Waals surface area contributed by atoms with Gasteiger partial charge < -0.3 is 0 Å². The molecule has 2 N–H and O–H groups in total. The van der Waals surface area contributed by atoms with Crippen molar-refractivity contribution < 1.29 is 13.0 Å². The van der Waals surface area contributed by atoms with E-state index in [1.54, 1.807) is 0 Å². The van der Waals surface area contributed by atoms with Crippen LogP contribution < -0.4 is 5.43 Å². The number of hydrazone groups is 1. The Kier molecular flexibility index (Phi) is 4.81. The molecule has 0 spiro atoms. The largest absolute Gasteiger partial charge is 0.286 e. The number of benzene rings is 1. The smallest absolute Gasteiger partial charge is 0.265 e. The molecule has 2 fully saturated rings. The molecule has 0 saturated heterocycles. The SMILES string of the molecule is CC1(C)C2CCC1(CS(=O)(=O)O)C(=NNc1nc(-c3cccc(Cl)c3)cs1)C2. The number of thiazole rings is 1. The number of aromatic nitrogens is 1. The van der Waals surface area contributed by atoms with Crippen molar-refractivity contribution in [2.75, 3.05) is 11.2 Å². The van der Waals surface area contributed by atoms with E-state index in [9.17, 15) is 13.0 Å². The fraction of sp³-hybridized carbons (Fsp3) is 0.474. The van der Waals surface area contributed by atoms with Crippen LogP contribution in [-0.2, 0) is 10.1 Å². The van der Waals surface area contributed by atoms with Crippen LogP contribution in [0.15, 0.2) is 34.7 Å². The third-order valence-electron chi connectivity index (χ3n) is 6.51. The molecular weight excluding hydrogens is 418 g/mol. The standard InChI is InChI=1S/C19H22ClN3O3S2/c1-18(2)13-6-7-19(18,11-28(24,25)26)16(9-13)22-23-17-21-15(10-27-17)12-4-3-5-14(20)8-12/h3-5,8,10,13H,6-7,9,11H2,1-2H3,(H,21,23)(H,24,25,26). The lowest BCUT2D eigenvalue weighted by Gasteiger charge is -2.37. The summed E-state index contributed by atoms with van der Waals surface area (Å²) >= 11 is 7.47. The highest BCUT2D eigenvalue weighted by atomic mass is 35.5. The normalized spacial score (nSPS) is 27.4. The molecule has 2 aromatic rings. The summed E-state index contributed by atoms with van der Waals surface area (Å²) in [5.74, 6) is 0.0865. The van der Waals surface area contributed by atoms with Crippen molar-refractivity contribution in [2.45, 2.75) is 33.1 Å². The van der Waals surface area contributed by atoms with Gasteiger partial charge in [-0.25, -0.2) is 4.98 Å². The Morgan fingerprint density at radius 3 is 2.89 bits per heavy atom. The number of hydrogen-bond donors (Lipinski definition) is 2. The molecule has 9 heteroatoms. The predicted octanol–water partition coefficient (Wildman–Crippen LogP) is 4.95. The van der Waals surface area contributed by atoms with Crippen molar-refractivity contribution in [2.24, 2.45) is 21.8 Å². The number of nitrogens with one attached hydrogen (secondary N) is 1. The van der Waals surface area contributed by atoms with Gasteiger partial charge in [0.1, 0.15) is 0 Å². The molecule has 150 valence electrons. The van der Waals surface area contributed by atoms with Crippen LogP contribution in [0.3, 0.4) is 0 Å². The minimum Gasteiger partial charge on any atom is -0.286 e. The quantitative estimate of drug-likeness (QED) is 0.508. The van der Waals surface area contributed by atoms with Gasteiger partial charge in [0.2, 0.25) is 5.13 Å². The number of anilines is 1. The van der Waals surface area contributed by atoms with Gasteiger partial charge in [0.05, 0.1) is 11.4 Å². The van der Waals surface area contributed by atoms with Crippen LogP contribution in [0.2, 0.25) is 5.02 Å². The van der Waals surface area contributed by atoms with Crippen molar-refractivity contribution in [3.63, 3.8) is 0 Å². The Balaban J connectivity index is 1.60. The van der Waals surface area contributed by atoms with Gasteiger partial charge in [0.25, 0.3) is 10.1 Å². The van der Waals surface area contributed by atoms with E-state index in [2.05, 4.69) is 29.4 Å². The van der Waals surface area contributed by atoms with Gasteiger partial charge in [-0.15, -0.1) is 11.3 Å². The fourth-order valence-corrected chi connectivity index (χ4v) is 6.98. The van der Waals surface area contributed by atoms with Crippen LogP contribution in [0.4, 0.5) is 5.13 Å². The first-order valence-corrected chi connectivity index (χ1v) is 12.0. The second-order valence-electron chi connectivity index (χ2n) is 8.19. The summed E-state index contributed by atoms with van der Waals surface area (Å²) in [6.07, 6.45) is 2.41. The van der Waals surface area contributed by atoms with Crippen molar-refractivity contribution >= 4 is 43.9 Å². The van der Waals surface area contributed by atoms with Gasteiger partial charge in [0, 0.05) is 27.1 Å². The maximum absolute atomic E-state index is 11.7. The Morgan fingerprint density at radius 2 is 2.21 bits per heavy atom. The number of rotatable bonds is 5. The zero-order valence-electron chi connectivity index (χ0n) is 15.6. The molecule has 1 heterocycles. The number of hydrogen-bond acceptors (Lipinski definition) is 6. The summed E-state index contributed by atoms with van der Waals surface area (Å²) in [6.45, 7) is 4.16. The Morgan fingerprint density at radius 1 is 1.43 bits per heavy atom. The summed E-state index contributed by atoms with van der Waals surface area (Å²) in [4.78, 5) is 4.55. The first-order valence-electron chi connectivity index (χ1n) is 9.10. The zero-order valence-corrected chi connectivity index (χ0v) is 18.0. The van der Waals surface area contributed by atoms with E-state index in [4.69, 9.17) is 11.6 Å². The van der Waals surface area contributed by atoms with E-state index in [-0.39, 0.29) is 11.2 Å². The van der Waals surface area contributed by atoms with E-state index in [1.165, 1.54) is 11.3 Å². The highest BCUT2D eigenvalue weighted by Gasteiger charge is 2.64. The van der Waals surface area contributed by atoms with Gasteiger partial charge in [-0.2, -0.15) is 13.5 Å². The van der Waals surface area contributed by atoms with Gasteiger partial charge in [-0.1, -0.05) is 37.6 Å². The van der Waals surface area contributed by atoms with Crippen LogP contribution >= 0.6 is 22.9 Å². The minimum atomic E-state index is -4.11. The molecule has 28 heavy (non-hydrogen) atoms. The van der Waals surface area contributed by atoms with E-state index < -0.39 is 15.5 Å².